The van der Waals surface area contributed by atoms with Gasteiger partial charge in [0.05, 0.1) is 6.61 Å². The van der Waals surface area contributed by atoms with Crippen molar-refractivity contribution in [3.05, 3.63) is 77.4 Å². The second-order valence-corrected chi connectivity index (χ2v) is 5.34. The van der Waals surface area contributed by atoms with E-state index in [1.165, 1.54) is 6.08 Å². The van der Waals surface area contributed by atoms with Crippen molar-refractivity contribution in [2.75, 3.05) is 6.61 Å². The van der Waals surface area contributed by atoms with Crippen LogP contribution in [0.3, 0.4) is 0 Å². The lowest BCUT2D eigenvalue weighted by atomic mass is 10.1. The highest BCUT2D eigenvalue weighted by Crippen LogP contribution is 2.05. The maximum absolute atomic E-state index is 11.5. The molecule has 0 unspecified atom stereocenters. The van der Waals surface area contributed by atoms with Gasteiger partial charge < -0.3 is 4.74 Å². The minimum Gasteiger partial charge on any atom is -0.463 e. The molecule has 2 aromatic carbocycles. The Bertz CT molecular complexity index is 823. The van der Waals surface area contributed by atoms with Gasteiger partial charge in [0.2, 0.25) is 0 Å². The molecule has 2 rings (SSSR count). The van der Waals surface area contributed by atoms with E-state index < -0.39 is 0 Å². The Hall–Kier alpha value is -3.23. The van der Waals surface area contributed by atoms with Gasteiger partial charge in [-0.3, -0.25) is 0 Å². The fourth-order valence-corrected chi connectivity index (χ4v) is 1.94. The van der Waals surface area contributed by atoms with Gasteiger partial charge in [-0.05, 0) is 54.2 Å². The molecule has 0 amide bonds. The Morgan fingerprint density at radius 2 is 1.60 bits per heavy atom. The topological polar surface area (TPSA) is 26.3 Å². The predicted molar refractivity (Wildman–Crippen MR) is 102 cm³/mol. The number of unbranched alkanes of at least 4 members (excludes halogenated alkanes) is 1. The van der Waals surface area contributed by atoms with Crippen molar-refractivity contribution in [2.24, 2.45) is 0 Å². The van der Waals surface area contributed by atoms with Crippen LogP contribution >= 0.6 is 0 Å². The van der Waals surface area contributed by atoms with Crippen LogP contribution in [-0.2, 0) is 9.53 Å². The summed E-state index contributed by atoms with van der Waals surface area (Å²) in [6.07, 6.45) is 5.08. The molecule has 25 heavy (non-hydrogen) atoms. The first-order chi connectivity index (χ1) is 12.3. The summed E-state index contributed by atoms with van der Waals surface area (Å²) >= 11 is 0. The van der Waals surface area contributed by atoms with Gasteiger partial charge in [0.15, 0.2) is 0 Å². The van der Waals surface area contributed by atoms with Crippen LogP contribution < -0.4 is 0 Å². The van der Waals surface area contributed by atoms with E-state index in [1.54, 1.807) is 6.08 Å². The standard InChI is InChI=1S/C23H20O2/c1-2-3-19-25-23(24)18-17-22-15-13-21(14-16-22)12-8-7-11-20-9-5-4-6-10-20/h4-6,9-10,13-18H,2-3,19H2,1H3/b18-17+. The molecule has 0 heterocycles. The molecular weight excluding hydrogens is 308 g/mol. The van der Waals surface area contributed by atoms with Gasteiger partial charge >= 0.3 is 5.97 Å². The number of rotatable bonds is 5. The summed E-state index contributed by atoms with van der Waals surface area (Å²) in [5.74, 6) is 11.4. The number of hydrogen-bond acceptors (Lipinski definition) is 2. The highest BCUT2D eigenvalue weighted by molar-refractivity contribution is 5.87. The minimum atomic E-state index is -0.312. The van der Waals surface area contributed by atoms with E-state index in [4.69, 9.17) is 4.74 Å². The lowest BCUT2D eigenvalue weighted by Gasteiger charge is -1.99. The van der Waals surface area contributed by atoms with Crippen LogP contribution in [0.5, 0.6) is 0 Å². The van der Waals surface area contributed by atoms with Crippen LogP contribution in [0.1, 0.15) is 36.5 Å². The Morgan fingerprint density at radius 1 is 0.960 bits per heavy atom. The Balaban J connectivity index is 1.89. The number of benzene rings is 2. The molecule has 2 nitrogen and oxygen atoms in total. The second kappa shape index (κ2) is 10.5. The van der Waals surface area contributed by atoms with Crippen molar-refractivity contribution < 1.29 is 9.53 Å². The quantitative estimate of drug-likeness (QED) is 0.351. The van der Waals surface area contributed by atoms with Crippen LogP contribution in [0.2, 0.25) is 0 Å². The first-order valence-corrected chi connectivity index (χ1v) is 8.30. The van der Waals surface area contributed by atoms with Crippen LogP contribution in [0.4, 0.5) is 0 Å². The SMILES string of the molecule is CCCCOC(=O)/C=C/c1ccc(C#CC#Cc2ccccc2)cc1. The molecule has 0 aromatic heterocycles. The maximum Gasteiger partial charge on any atom is 0.330 e. The molecule has 2 heteroatoms. The molecule has 0 bridgehead atoms. The van der Waals surface area contributed by atoms with E-state index in [2.05, 4.69) is 30.6 Å². The fourth-order valence-electron chi connectivity index (χ4n) is 1.94. The van der Waals surface area contributed by atoms with Crippen molar-refractivity contribution in [2.45, 2.75) is 19.8 Å². The van der Waals surface area contributed by atoms with Crippen molar-refractivity contribution in [1.29, 1.82) is 0 Å². The second-order valence-electron chi connectivity index (χ2n) is 5.34. The average molecular weight is 328 g/mol. The normalized spacial score (nSPS) is 9.64. The monoisotopic (exact) mass is 328 g/mol. The van der Waals surface area contributed by atoms with Crippen LogP contribution in [0.25, 0.3) is 6.08 Å². The zero-order chi connectivity index (χ0) is 17.7. The van der Waals surface area contributed by atoms with Crippen molar-refractivity contribution in [3.63, 3.8) is 0 Å². The summed E-state index contributed by atoms with van der Waals surface area (Å²) in [5, 5.41) is 0. The van der Waals surface area contributed by atoms with Gasteiger partial charge in [0.25, 0.3) is 0 Å². The third-order valence-electron chi connectivity index (χ3n) is 3.31. The predicted octanol–water partition coefficient (Wildman–Crippen LogP) is 4.45. The fraction of sp³-hybridized carbons (Fsp3) is 0.174. The molecule has 0 saturated carbocycles. The molecule has 0 N–H and O–H groups in total. The largest absolute Gasteiger partial charge is 0.463 e. The summed E-state index contributed by atoms with van der Waals surface area (Å²) in [6.45, 7) is 2.53. The van der Waals surface area contributed by atoms with Gasteiger partial charge in [-0.25, -0.2) is 4.79 Å². The Kier molecular flexibility index (Phi) is 7.63. The lowest BCUT2D eigenvalue weighted by molar-refractivity contribution is -0.137. The van der Waals surface area contributed by atoms with Gasteiger partial charge in [0.1, 0.15) is 0 Å². The molecule has 124 valence electrons. The van der Waals surface area contributed by atoms with Crippen molar-refractivity contribution in [3.8, 4) is 23.7 Å². The Labute approximate surface area is 149 Å². The number of carbonyl (C=O) groups is 1. The van der Waals surface area contributed by atoms with E-state index in [1.807, 2.05) is 54.6 Å². The average Bonchev–Trinajstić information content (AvgIpc) is 2.65. The molecule has 0 radical (unpaired) electrons. The lowest BCUT2D eigenvalue weighted by Crippen LogP contribution is -2.01. The minimum absolute atomic E-state index is 0.312. The smallest absolute Gasteiger partial charge is 0.330 e. The maximum atomic E-state index is 11.5. The van der Waals surface area contributed by atoms with E-state index in [-0.39, 0.29) is 5.97 Å². The molecule has 0 spiro atoms. The molecular formula is C23H20O2. The summed E-state index contributed by atoms with van der Waals surface area (Å²) in [5.41, 5.74) is 2.75. The summed E-state index contributed by atoms with van der Waals surface area (Å²) in [4.78, 5) is 11.5. The zero-order valence-electron chi connectivity index (χ0n) is 14.3. The molecule has 0 saturated heterocycles. The first-order valence-electron chi connectivity index (χ1n) is 8.30. The van der Waals surface area contributed by atoms with Crippen LogP contribution in [-0.4, -0.2) is 12.6 Å². The molecule has 0 aliphatic rings. The first kappa shape index (κ1) is 18.1. The summed E-state index contributed by atoms with van der Waals surface area (Å²) in [6, 6.07) is 17.4. The van der Waals surface area contributed by atoms with E-state index in [0.717, 1.165) is 29.5 Å². The third-order valence-corrected chi connectivity index (χ3v) is 3.31. The highest BCUT2D eigenvalue weighted by Gasteiger charge is 1.96. The summed E-state index contributed by atoms with van der Waals surface area (Å²) in [7, 11) is 0. The number of esters is 1. The van der Waals surface area contributed by atoms with Crippen molar-refractivity contribution >= 4 is 12.0 Å². The number of ether oxygens (including phenoxy) is 1. The van der Waals surface area contributed by atoms with Crippen LogP contribution in [0.15, 0.2) is 60.7 Å². The zero-order valence-corrected chi connectivity index (χ0v) is 14.3. The Morgan fingerprint density at radius 3 is 2.24 bits per heavy atom. The van der Waals surface area contributed by atoms with Crippen LogP contribution in [0, 0.1) is 23.7 Å². The molecule has 0 fully saturated rings. The van der Waals surface area contributed by atoms with Gasteiger partial charge in [-0.1, -0.05) is 55.5 Å². The van der Waals surface area contributed by atoms with Gasteiger partial charge in [-0.15, -0.1) is 0 Å². The number of hydrogen-bond donors (Lipinski definition) is 0. The molecule has 0 atom stereocenters. The number of carbonyl (C=O) groups excluding carboxylic acids is 1. The molecule has 0 aliphatic heterocycles. The summed E-state index contributed by atoms with van der Waals surface area (Å²) < 4.78 is 5.07. The van der Waals surface area contributed by atoms with Crippen molar-refractivity contribution in [1.82, 2.24) is 0 Å². The van der Waals surface area contributed by atoms with Gasteiger partial charge in [-0.2, -0.15) is 0 Å². The molecule has 0 aliphatic carbocycles. The molecule has 2 aromatic rings. The van der Waals surface area contributed by atoms with E-state index in [0.29, 0.717) is 6.61 Å². The van der Waals surface area contributed by atoms with Gasteiger partial charge in [0, 0.05) is 17.2 Å². The third kappa shape index (κ3) is 7.25. The van der Waals surface area contributed by atoms with E-state index in [9.17, 15) is 4.79 Å². The highest BCUT2D eigenvalue weighted by atomic mass is 16.5. The van der Waals surface area contributed by atoms with E-state index >= 15 is 0 Å².